The molecular formula is C38H35FN6O6. The van der Waals surface area contributed by atoms with Crippen LogP contribution < -0.4 is 15.0 Å². The molecule has 12 nitrogen and oxygen atoms in total. The number of carbonyl (C=O) groups is 4. The van der Waals surface area contributed by atoms with E-state index in [0.29, 0.717) is 29.1 Å². The van der Waals surface area contributed by atoms with Crippen molar-refractivity contribution in [3.8, 4) is 28.1 Å². The Morgan fingerprint density at radius 2 is 1.73 bits per heavy atom. The molecule has 5 heterocycles. The minimum atomic E-state index is -0.684. The van der Waals surface area contributed by atoms with Crippen molar-refractivity contribution in [1.82, 2.24) is 24.6 Å². The van der Waals surface area contributed by atoms with Crippen molar-refractivity contribution in [2.75, 3.05) is 38.8 Å². The standard InChI is InChI=1S/C38H35FN6O6/c1-43(2)33-13-10-29(36(39)41-33)24-4-6-25(7-5-24)31-21-44-20-28(8-12-34(44)40-31)51-16-15-50-22-27(46)18-23-3-9-30-26(17-23)19-45(38(30)49)32-11-14-35(47)42-37(32)48/h3-10,12-13,17,20-21,32H,11,14-16,18-19,22H2,1-2H3,(H,42,47,48). The van der Waals surface area contributed by atoms with Gasteiger partial charge in [-0.3, -0.25) is 24.5 Å². The molecule has 2 aliphatic heterocycles. The average Bonchev–Trinajstić information content (AvgIpc) is 3.68. The van der Waals surface area contributed by atoms with E-state index in [4.69, 9.17) is 14.5 Å². The normalized spacial score (nSPS) is 15.6. The lowest BCUT2D eigenvalue weighted by molar-refractivity contribution is -0.137. The fourth-order valence-corrected chi connectivity index (χ4v) is 6.33. The van der Waals surface area contributed by atoms with Crippen molar-refractivity contribution < 1.29 is 33.0 Å². The summed E-state index contributed by atoms with van der Waals surface area (Å²) in [6.45, 7) is 0.608. The van der Waals surface area contributed by atoms with Gasteiger partial charge in [-0.2, -0.15) is 4.39 Å². The van der Waals surface area contributed by atoms with Crippen LogP contribution in [0.4, 0.5) is 10.2 Å². The van der Waals surface area contributed by atoms with Crippen LogP contribution in [0.1, 0.15) is 34.3 Å². The molecule has 260 valence electrons. The van der Waals surface area contributed by atoms with Crippen LogP contribution in [-0.4, -0.2) is 82.7 Å². The van der Waals surface area contributed by atoms with Gasteiger partial charge in [0.2, 0.25) is 17.8 Å². The van der Waals surface area contributed by atoms with E-state index >= 15 is 0 Å². The van der Waals surface area contributed by atoms with Crippen molar-refractivity contribution in [3.05, 3.63) is 102 Å². The van der Waals surface area contributed by atoms with Crippen LogP contribution in [0.25, 0.3) is 28.0 Å². The third kappa shape index (κ3) is 7.19. The van der Waals surface area contributed by atoms with Crippen molar-refractivity contribution in [3.63, 3.8) is 0 Å². The Labute approximate surface area is 292 Å². The number of hydrogen-bond donors (Lipinski definition) is 1. The summed E-state index contributed by atoms with van der Waals surface area (Å²) >= 11 is 0. The van der Waals surface area contributed by atoms with Gasteiger partial charge in [0, 0.05) is 56.4 Å². The SMILES string of the molecule is CN(C)c1ccc(-c2ccc(-c3cn4cc(OCCOCC(=O)Cc5ccc6c(c5)CN(C5CCC(=O)NC5=O)C6=O)ccc4n3)cc2)c(F)n1. The molecule has 0 spiro atoms. The van der Waals surface area contributed by atoms with Crippen molar-refractivity contribution >= 4 is 35.0 Å². The number of halogens is 1. The lowest BCUT2D eigenvalue weighted by Crippen LogP contribution is -2.52. The van der Waals surface area contributed by atoms with E-state index in [1.54, 1.807) is 29.2 Å². The number of nitrogens with one attached hydrogen (secondary N) is 1. The van der Waals surface area contributed by atoms with E-state index in [2.05, 4.69) is 10.3 Å². The summed E-state index contributed by atoms with van der Waals surface area (Å²) in [5, 5.41) is 2.30. The molecule has 1 fully saturated rings. The number of ether oxygens (including phenoxy) is 2. The van der Waals surface area contributed by atoms with Crippen LogP contribution in [0.2, 0.25) is 0 Å². The van der Waals surface area contributed by atoms with Gasteiger partial charge in [-0.25, -0.2) is 9.97 Å². The van der Waals surface area contributed by atoms with Crippen LogP contribution in [0, 0.1) is 5.95 Å². The van der Waals surface area contributed by atoms with E-state index in [1.165, 1.54) is 4.90 Å². The number of carbonyl (C=O) groups excluding carboxylic acids is 4. The van der Waals surface area contributed by atoms with E-state index in [1.807, 2.05) is 73.4 Å². The highest BCUT2D eigenvalue weighted by molar-refractivity contribution is 6.05. The number of Topliss-reactive ketones (excluding diaryl/α,β-unsaturated/α-hetero) is 1. The smallest absolute Gasteiger partial charge is 0.255 e. The predicted octanol–water partition coefficient (Wildman–Crippen LogP) is 4.24. The third-order valence-electron chi connectivity index (χ3n) is 8.96. The summed E-state index contributed by atoms with van der Waals surface area (Å²) < 4.78 is 27.9. The second-order valence-electron chi connectivity index (χ2n) is 12.7. The number of benzene rings is 2. The highest BCUT2D eigenvalue weighted by Crippen LogP contribution is 2.30. The molecule has 13 heteroatoms. The monoisotopic (exact) mass is 690 g/mol. The molecule has 0 bridgehead atoms. The first-order valence-electron chi connectivity index (χ1n) is 16.5. The second-order valence-corrected chi connectivity index (χ2v) is 12.7. The van der Waals surface area contributed by atoms with Gasteiger partial charge in [-0.05, 0) is 53.4 Å². The molecular weight excluding hydrogens is 655 g/mol. The molecule has 0 aliphatic carbocycles. The fourth-order valence-electron chi connectivity index (χ4n) is 6.33. The van der Waals surface area contributed by atoms with Crippen LogP contribution in [0.3, 0.4) is 0 Å². The minimum absolute atomic E-state index is 0.0883. The quantitative estimate of drug-likeness (QED) is 0.116. The number of anilines is 1. The Bertz CT molecular complexity index is 2160. The minimum Gasteiger partial charge on any atom is -0.490 e. The number of nitrogens with zero attached hydrogens (tertiary/aromatic N) is 5. The van der Waals surface area contributed by atoms with Gasteiger partial charge in [-0.1, -0.05) is 36.4 Å². The lowest BCUT2D eigenvalue weighted by Gasteiger charge is -2.29. The van der Waals surface area contributed by atoms with Gasteiger partial charge in [-0.15, -0.1) is 0 Å². The Balaban J connectivity index is 0.878. The highest BCUT2D eigenvalue weighted by atomic mass is 19.1. The molecule has 1 N–H and O–H groups in total. The van der Waals surface area contributed by atoms with Crippen LogP contribution in [0.5, 0.6) is 5.75 Å². The number of aromatic nitrogens is 3. The van der Waals surface area contributed by atoms with Gasteiger partial charge < -0.3 is 23.7 Å². The Hall–Kier alpha value is -5.95. The first-order chi connectivity index (χ1) is 24.6. The van der Waals surface area contributed by atoms with Gasteiger partial charge >= 0.3 is 0 Å². The number of hydrogen-bond acceptors (Lipinski definition) is 9. The first-order valence-corrected chi connectivity index (χ1v) is 16.5. The van der Waals surface area contributed by atoms with E-state index in [-0.39, 0.29) is 56.8 Å². The molecule has 0 saturated carbocycles. The Morgan fingerprint density at radius 1 is 0.941 bits per heavy atom. The third-order valence-corrected chi connectivity index (χ3v) is 8.96. The van der Waals surface area contributed by atoms with E-state index in [9.17, 15) is 23.6 Å². The Morgan fingerprint density at radius 3 is 2.49 bits per heavy atom. The zero-order chi connectivity index (χ0) is 35.6. The highest BCUT2D eigenvalue weighted by Gasteiger charge is 2.39. The number of amides is 3. The molecule has 5 aromatic rings. The molecule has 0 radical (unpaired) electrons. The zero-order valence-electron chi connectivity index (χ0n) is 28.1. The fraction of sp³-hybridized carbons (Fsp3) is 0.263. The van der Waals surface area contributed by atoms with Crippen molar-refractivity contribution in [2.24, 2.45) is 0 Å². The zero-order valence-corrected chi connectivity index (χ0v) is 28.1. The average molecular weight is 691 g/mol. The van der Waals surface area contributed by atoms with Gasteiger partial charge in [0.05, 0.1) is 18.5 Å². The lowest BCUT2D eigenvalue weighted by atomic mass is 10.0. The largest absolute Gasteiger partial charge is 0.490 e. The molecule has 1 unspecified atom stereocenters. The predicted molar refractivity (Wildman–Crippen MR) is 186 cm³/mol. The molecule has 3 amide bonds. The molecule has 3 aromatic heterocycles. The summed E-state index contributed by atoms with van der Waals surface area (Å²) in [7, 11) is 3.63. The summed E-state index contributed by atoms with van der Waals surface area (Å²) in [4.78, 5) is 61.3. The molecule has 1 saturated heterocycles. The topological polar surface area (TPSA) is 135 Å². The van der Waals surface area contributed by atoms with Crippen LogP contribution in [-0.2, 0) is 32.1 Å². The van der Waals surface area contributed by atoms with Crippen LogP contribution in [0.15, 0.2) is 79.1 Å². The maximum absolute atomic E-state index is 14.6. The molecule has 2 aliphatic rings. The molecule has 7 rings (SSSR count). The number of imide groups is 1. The number of piperidine rings is 1. The number of ketones is 1. The maximum atomic E-state index is 14.6. The van der Waals surface area contributed by atoms with E-state index < -0.39 is 17.9 Å². The molecule has 1 atom stereocenters. The van der Waals surface area contributed by atoms with Crippen molar-refractivity contribution in [1.29, 1.82) is 0 Å². The number of rotatable bonds is 12. The number of pyridine rings is 2. The number of imidazole rings is 1. The van der Waals surface area contributed by atoms with Gasteiger partial charge in [0.15, 0.2) is 5.78 Å². The van der Waals surface area contributed by atoms with Crippen molar-refractivity contribution in [2.45, 2.75) is 31.8 Å². The van der Waals surface area contributed by atoms with Gasteiger partial charge in [0.1, 0.15) is 36.5 Å². The summed E-state index contributed by atoms with van der Waals surface area (Å²) in [6, 6.07) is 19.2. The summed E-state index contributed by atoms with van der Waals surface area (Å²) in [6.07, 6.45) is 4.33. The van der Waals surface area contributed by atoms with Gasteiger partial charge in [0.25, 0.3) is 5.91 Å². The summed E-state index contributed by atoms with van der Waals surface area (Å²) in [5.41, 5.74) is 5.52. The maximum Gasteiger partial charge on any atom is 0.255 e. The Kier molecular flexibility index (Phi) is 9.28. The van der Waals surface area contributed by atoms with Crippen LogP contribution >= 0.6 is 0 Å². The first kappa shape index (κ1) is 33.5. The van der Waals surface area contributed by atoms with E-state index in [0.717, 1.165) is 33.6 Å². The second kappa shape index (κ2) is 14.1. The number of fused-ring (bicyclic) bond motifs is 2. The molecule has 2 aromatic carbocycles. The summed E-state index contributed by atoms with van der Waals surface area (Å²) in [5.74, 6) is -0.524. The molecule has 51 heavy (non-hydrogen) atoms.